The van der Waals surface area contributed by atoms with Gasteiger partial charge in [0.2, 0.25) is 10.0 Å². The van der Waals surface area contributed by atoms with Crippen molar-refractivity contribution in [1.29, 1.82) is 0 Å². The summed E-state index contributed by atoms with van der Waals surface area (Å²) >= 11 is 3.43. The molecule has 0 fully saturated rings. The van der Waals surface area contributed by atoms with Crippen LogP contribution in [0.2, 0.25) is 0 Å². The summed E-state index contributed by atoms with van der Waals surface area (Å²) in [5.41, 5.74) is 2.08. The second-order valence-electron chi connectivity index (χ2n) is 4.78. The van der Waals surface area contributed by atoms with Crippen molar-refractivity contribution in [2.45, 2.75) is 49.9 Å². The third-order valence-corrected chi connectivity index (χ3v) is 4.78. The molecular formula is C13H20BrNO2S. The zero-order chi connectivity index (χ0) is 13.9. The SMILES string of the molecule is Cc1ccc(S(=O)(=O)NC(C)CC(C)Br)cc1C. The van der Waals surface area contributed by atoms with Crippen LogP contribution in [0.3, 0.4) is 0 Å². The van der Waals surface area contributed by atoms with Gasteiger partial charge in [-0.3, -0.25) is 0 Å². The first kappa shape index (κ1) is 15.7. The summed E-state index contributed by atoms with van der Waals surface area (Å²) in [6.45, 7) is 7.75. The molecule has 0 aliphatic rings. The van der Waals surface area contributed by atoms with Gasteiger partial charge >= 0.3 is 0 Å². The fraction of sp³-hybridized carbons (Fsp3) is 0.538. The molecule has 0 radical (unpaired) electrons. The van der Waals surface area contributed by atoms with E-state index >= 15 is 0 Å². The van der Waals surface area contributed by atoms with Crippen molar-refractivity contribution < 1.29 is 8.42 Å². The minimum atomic E-state index is -3.42. The molecule has 102 valence electrons. The second kappa shape index (κ2) is 6.17. The van der Waals surface area contributed by atoms with E-state index < -0.39 is 10.0 Å². The maximum atomic E-state index is 12.2. The monoisotopic (exact) mass is 333 g/mol. The van der Waals surface area contributed by atoms with Gasteiger partial charge in [-0.2, -0.15) is 0 Å². The third kappa shape index (κ3) is 4.37. The van der Waals surface area contributed by atoms with Crippen LogP contribution in [0.5, 0.6) is 0 Å². The van der Waals surface area contributed by atoms with Crippen LogP contribution >= 0.6 is 15.9 Å². The van der Waals surface area contributed by atoms with Gasteiger partial charge in [-0.25, -0.2) is 13.1 Å². The highest BCUT2D eigenvalue weighted by atomic mass is 79.9. The molecule has 2 unspecified atom stereocenters. The van der Waals surface area contributed by atoms with E-state index in [1.165, 1.54) is 0 Å². The van der Waals surface area contributed by atoms with E-state index in [9.17, 15) is 8.42 Å². The van der Waals surface area contributed by atoms with Gasteiger partial charge in [0.1, 0.15) is 0 Å². The van der Waals surface area contributed by atoms with Crippen molar-refractivity contribution in [1.82, 2.24) is 4.72 Å². The Labute approximate surface area is 118 Å². The van der Waals surface area contributed by atoms with Crippen molar-refractivity contribution in [3.63, 3.8) is 0 Å². The van der Waals surface area contributed by atoms with Gasteiger partial charge in [-0.05, 0) is 50.5 Å². The van der Waals surface area contributed by atoms with Gasteiger partial charge in [-0.15, -0.1) is 0 Å². The van der Waals surface area contributed by atoms with Gasteiger partial charge in [0.25, 0.3) is 0 Å². The van der Waals surface area contributed by atoms with Crippen molar-refractivity contribution in [3.8, 4) is 0 Å². The van der Waals surface area contributed by atoms with Crippen LogP contribution in [0, 0.1) is 13.8 Å². The lowest BCUT2D eigenvalue weighted by Gasteiger charge is -2.16. The van der Waals surface area contributed by atoms with Crippen molar-refractivity contribution in [2.24, 2.45) is 0 Å². The van der Waals surface area contributed by atoms with Crippen molar-refractivity contribution in [2.75, 3.05) is 0 Å². The summed E-state index contributed by atoms with van der Waals surface area (Å²) in [5.74, 6) is 0. The quantitative estimate of drug-likeness (QED) is 0.841. The van der Waals surface area contributed by atoms with Crippen molar-refractivity contribution in [3.05, 3.63) is 29.3 Å². The standard InChI is InChI=1S/C13H20BrNO2S/c1-9-5-6-13(7-10(9)2)18(16,17)15-12(4)8-11(3)14/h5-7,11-12,15H,8H2,1-4H3. The average molecular weight is 334 g/mol. The summed E-state index contributed by atoms with van der Waals surface area (Å²) in [4.78, 5) is 0.620. The Balaban J connectivity index is 2.89. The van der Waals surface area contributed by atoms with E-state index in [0.717, 1.165) is 17.5 Å². The highest BCUT2D eigenvalue weighted by Gasteiger charge is 2.18. The predicted octanol–water partition coefficient (Wildman–Crippen LogP) is 3.14. The zero-order valence-corrected chi connectivity index (χ0v) is 13.6. The van der Waals surface area contributed by atoms with E-state index in [2.05, 4.69) is 20.7 Å². The number of aryl methyl sites for hydroxylation is 2. The molecule has 3 nitrogen and oxygen atoms in total. The summed E-state index contributed by atoms with van der Waals surface area (Å²) in [6, 6.07) is 5.10. The number of hydrogen-bond donors (Lipinski definition) is 1. The molecule has 5 heteroatoms. The minimum absolute atomic E-state index is 0.0917. The first-order valence-corrected chi connectivity index (χ1v) is 8.36. The van der Waals surface area contributed by atoms with Crippen LogP contribution in [0.25, 0.3) is 0 Å². The number of nitrogens with one attached hydrogen (secondary N) is 1. The molecule has 1 aromatic rings. The summed E-state index contributed by atoms with van der Waals surface area (Å²) in [7, 11) is -3.42. The van der Waals surface area contributed by atoms with Crippen LogP contribution < -0.4 is 4.72 Å². The molecule has 0 spiro atoms. The van der Waals surface area contributed by atoms with Gasteiger partial charge < -0.3 is 0 Å². The Hall–Kier alpha value is -0.390. The summed E-state index contributed by atoms with van der Waals surface area (Å²) in [6.07, 6.45) is 0.754. The maximum absolute atomic E-state index is 12.2. The molecule has 0 saturated carbocycles. The molecule has 1 rings (SSSR count). The van der Waals surface area contributed by atoms with Crippen molar-refractivity contribution >= 4 is 26.0 Å². The first-order chi connectivity index (χ1) is 8.22. The van der Waals surface area contributed by atoms with Crippen LogP contribution in [0.15, 0.2) is 23.1 Å². The van der Waals surface area contributed by atoms with Crippen LogP contribution in [-0.2, 0) is 10.0 Å². The van der Waals surface area contributed by atoms with Gasteiger partial charge in [0.05, 0.1) is 4.90 Å². The highest BCUT2D eigenvalue weighted by molar-refractivity contribution is 9.09. The van der Waals surface area contributed by atoms with Crippen LogP contribution in [0.4, 0.5) is 0 Å². The molecule has 1 aromatic carbocycles. The zero-order valence-electron chi connectivity index (χ0n) is 11.2. The van der Waals surface area contributed by atoms with E-state index in [1.54, 1.807) is 12.1 Å². The maximum Gasteiger partial charge on any atom is 0.240 e. The smallest absolute Gasteiger partial charge is 0.208 e. The number of sulfonamides is 1. The van der Waals surface area contributed by atoms with Gasteiger partial charge in [0.15, 0.2) is 0 Å². The summed E-state index contributed by atoms with van der Waals surface area (Å²) < 4.78 is 27.0. The second-order valence-corrected chi connectivity index (χ2v) is 8.06. The lowest BCUT2D eigenvalue weighted by atomic mass is 10.1. The topological polar surface area (TPSA) is 46.2 Å². The summed E-state index contributed by atoms with van der Waals surface area (Å²) in [5, 5.41) is 0. The molecular weight excluding hydrogens is 314 g/mol. The third-order valence-electron chi connectivity index (χ3n) is 2.82. The Morgan fingerprint density at radius 2 is 1.83 bits per heavy atom. The largest absolute Gasteiger partial charge is 0.240 e. The molecule has 2 atom stereocenters. The Bertz CT molecular complexity index is 512. The Morgan fingerprint density at radius 1 is 1.22 bits per heavy atom. The molecule has 0 aliphatic heterocycles. The molecule has 18 heavy (non-hydrogen) atoms. The molecule has 0 bridgehead atoms. The normalized spacial score (nSPS) is 15.4. The molecule has 0 saturated heterocycles. The molecule has 0 heterocycles. The fourth-order valence-electron chi connectivity index (χ4n) is 1.75. The van der Waals surface area contributed by atoms with Gasteiger partial charge in [0, 0.05) is 10.9 Å². The van der Waals surface area contributed by atoms with Crippen LogP contribution in [0.1, 0.15) is 31.4 Å². The lowest BCUT2D eigenvalue weighted by Crippen LogP contribution is -2.33. The predicted molar refractivity (Wildman–Crippen MR) is 78.7 cm³/mol. The van der Waals surface area contributed by atoms with Gasteiger partial charge in [-0.1, -0.05) is 28.9 Å². The fourth-order valence-corrected chi connectivity index (χ4v) is 3.65. The molecule has 0 amide bonds. The minimum Gasteiger partial charge on any atom is -0.208 e. The van der Waals surface area contributed by atoms with Crippen LogP contribution in [-0.4, -0.2) is 19.3 Å². The van der Waals surface area contributed by atoms with E-state index in [0.29, 0.717) is 4.90 Å². The molecule has 0 aromatic heterocycles. The van der Waals surface area contributed by atoms with E-state index in [1.807, 2.05) is 33.8 Å². The van der Waals surface area contributed by atoms with E-state index in [4.69, 9.17) is 0 Å². The number of rotatable bonds is 5. The number of benzene rings is 1. The first-order valence-electron chi connectivity index (χ1n) is 5.96. The number of hydrogen-bond acceptors (Lipinski definition) is 2. The number of halogens is 1. The Morgan fingerprint density at radius 3 is 2.33 bits per heavy atom. The highest BCUT2D eigenvalue weighted by Crippen LogP contribution is 2.16. The lowest BCUT2D eigenvalue weighted by molar-refractivity contribution is 0.548. The molecule has 0 aliphatic carbocycles. The van der Waals surface area contributed by atoms with E-state index in [-0.39, 0.29) is 10.9 Å². The average Bonchev–Trinajstić information content (AvgIpc) is 2.19. The Kier molecular flexibility index (Phi) is 5.37. The number of alkyl halides is 1. The molecule has 1 N–H and O–H groups in total.